The van der Waals surface area contributed by atoms with Crippen molar-refractivity contribution < 1.29 is 26.8 Å². The molecule has 5 nitrogen and oxygen atoms in total. The molecule has 0 atom stereocenters. The van der Waals surface area contributed by atoms with Crippen LogP contribution in [0.15, 0.2) is 23.1 Å². The molecule has 0 bridgehead atoms. The normalized spacial score (nSPS) is 18.3. The lowest BCUT2D eigenvalue weighted by atomic mass is 10.1. The number of carbonyl (C=O) groups excluding carboxylic acids is 2. The molecule has 0 spiro atoms. The molecule has 2 rings (SSSR count). The van der Waals surface area contributed by atoms with Crippen molar-refractivity contribution in [3.63, 3.8) is 0 Å². The van der Waals surface area contributed by atoms with Crippen molar-refractivity contribution in [2.45, 2.75) is 10.8 Å². The average Bonchev–Trinajstić information content (AvgIpc) is 2.39. The predicted octanol–water partition coefficient (Wildman–Crippen LogP) is 0.348. The Bertz CT molecular complexity index is 651. The van der Waals surface area contributed by atoms with Gasteiger partial charge in [-0.05, 0) is 6.07 Å². The number of ketones is 2. The Hall–Kier alpha value is -1.67. The van der Waals surface area contributed by atoms with Crippen molar-refractivity contribution in [1.29, 1.82) is 0 Å². The van der Waals surface area contributed by atoms with Crippen LogP contribution in [0.25, 0.3) is 0 Å². The van der Waals surface area contributed by atoms with Crippen molar-refractivity contribution >= 4 is 21.6 Å². The molecular formula is C9H5F2NO4S. The van der Waals surface area contributed by atoms with Crippen molar-refractivity contribution in [3.05, 3.63) is 29.3 Å². The first-order valence-electron chi connectivity index (χ1n) is 4.30. The lowest BCUT2D eigenvalue weighted by molar-refractivity contribution is 0.0188. The fourth-order valence-corrected chi connectivity index (χ4v) is 2.38. The number of Topliss-reactive ketones (excluding diaryl/α,β-unsaturated/α-hetero) is 2. The van der Waals surface area contributed by atoms with Gasteiger partial charge in [0.15, 0.2) is 0 Å². The van der Waals surface area contributed by atoms with Gasteiger partial charge in [-0.1, -0.05) is 12.1 Å². The van der Waals surface area contributed by atoms with E-state index in [1.54, 1.807) is 0 Å². The molecule has 0 saturated heterocycles. The van der Waals surface area contributed by atoms with E-state index in [0.717, 1.165) is 18.2 Å². The Morgan fingerprint density at radius 1 is 1.12 bits per heavy atom. The SMILES string of the molecule is NS(=O)(=O)c1cccc2c1C(=O)C(F)(F)C2=O. The zero-order chi connectivity index (χ0) is 13.0. The maximum absolute atomic E-state index is 13.2. The van der Waals surface area contributed by atoms with Crippen molar-refractivity contribution in [2.24, 2.45) is 5.14 Å². The van der Waals surface area contributed by atoms with Gasteiger partial charge in [-0.15, -0.1) is 0 Å². The van der Waals surface area contributed by atoms with E-state index in [4.69, 9.17) is 5.14 Å². The Labute approximate surface area is 94.3 Å². The van der Waals surface area contributed by atoms with Crippen LogP contribution in [0, 0.1) is 0 Å². The van der Waals surface area contributed by atoms with Crippen LogP contribution in [0.1, 0.15) is 20.7 Å². The lowest BCUT2D eigenvalue weighted by Crippen LogP contribution is -2.30. The molecule has 1 aromatic rings. The van der Waals surface area contributed by atoms with E-state index >= 15 is 0 Å². The summed E-state index contributed by atoms with van der Waals surface area (Å²) >= 11 is 0. The summed E-state index contributed by atoms with van der Waals surface area (Å²) in [5.41, 5.74) is -1.45. The van der Waals surface area contributed by atoms with E-state index in [1.165, 1.54) is 0 Å². The number of rotatable bonds is 1. The number of nitrogens with two attached hydrogens (primary N) is 1. The summed E-state index contributed by atoms with van der Waals surface area (Å²) in [5, 5.41) is 4.79. The number of fused-ring (bicyclic) bond motifs is 1. The summed E-state index contributed by atoms with van der Waals surface area (Å²) in [5.74, 6) is -7.76. The summed E-state index contributed by atoms with van der Waals surface area (Å²) in [6, 6.07) is 2.94. The second kappa shape index (κ2) is 3.17. The van der Waals surface area contributed by atoms with Crippen molar-refractivity contribution in [1.82, 2.24) is 0 Å². The van der Waals surface area contributed by atoms with Crippen LogP contribution in [0.4, 0.5) is 8.78 Å². The summed E-state index contributed by atoms with van der Waals surface area (Å²) in [6.45, 7) is 0. The summed E-state index contributed by atoms with van der Waals surface area (Å²) in [4.78, 5) is 21.7. The van der Waals surface area contributed by atoms with E-state index in [1.807, 2.05) is 0 Å². The first kappa shape index (κ1) is 11.8. The van der Waals surface area contributed by atoms with Crippen LogP contribution < -0.4 is 5.14 Å². The Balaban J connectivity index is 2.86. The van der Waals surface area contributed by atoms with E-state index in [0.29, 0.717) is 0 Å². The zero-order valence-electron chi connectivity index (χ0n) is 8.11. The van der Waals surface area contributed by atoms with Gasteiger partial charge in [0.1, 0.15) is 0 Å². The second-order valence-electron chi connectivity index (χ2n) is 3.46. The van der Waals surface area contributed by atoms with E-state index < -0.39 is 43.5 Å². The number of sulfonamides is 1. The molecule has 2 N–H and O–H groups in total. The van der Waals surface area contributed by atoms with Crippen LogP contribution in [0.3, 0.4) is 0 Å². The Morgan fingerprint density at radius 2 is 1.71 bits per heavy atom. The van der Waals surface area contributed by atoms with Gasteiger partial charge in [-0.2, -0.15) is 8.78 Å². The molecule has 0 saturated carbocycles. The molecule has 0 unspecified atom stereocenters. The quantitative estimate of drug-likeness (QED) is 0.738. The zero-order valence-corrected chi connectivity index (χ0v) is 8.92. The fraction of sp³-hybridized carbons (Fsp3) is 0.111. The standard InChI is InChI=1S/C9H5F2NO4S/c10-9(11)7(13)4-2-1-3-5(17(12,15)16)6(4)8(9)14/h1-3H,(H2,12,15,16). The molecule has 0 aliphatic heterocycles. The topological polar surface area (TPSA) is 94.3 Å². The predicted molar refractivity (Wildman–Crippen MR) is 51.4 cm³/mol. The van der Waals surface area contributed by atoms with Gasteiger partial charge in [-0.3, -0.25) is 9.59 Å². The van der Waals surface area contributed by atoms with Crippen LogP contribution in [0.2, 0.25) is 0 Å². The minimum absolute atomic E-state index is 0.619. The molecule has 0 heterocycles. The van der Waals surface area contributed by atoms with Crippen molar-refractivity contribution in [3.8, 4) is 0 Å². The molecule has 1 aromatic carbocycles. The number of carbonyl (C=O) groups is 2. The molecule has 8 heteroatoms. The Morgan fingerprint density at radius 3 is 2.24 bits per heavy atom. The number of primary sulfonamides is 1. The molecule has 0 amide bonds. The third kappa shape index (κ3) is 1.48. The molecule has 0 fully saturated rings. The molecule has 90 valence electrons. The third-order valence-electron chi connectivity index (χ3n) is 2.37. The number of hydrogen-bond donors (Lipinski definition) is 1. The minimum atomic E-state index is -4.34. The van der Waals surface area contributed by atoms with Crippen LogP contribution >= 0.6 is 0 Å². The molecule has 0 radical (unpaired) electrons. The summed E-state index contributed by atoms with van der Waals surface area (Å²) < 4.78 is 48.6. The largest absolute Gasteiger partial charge is 0.371 e. The first-order valence-corrected chi connectivity index (χ1v) is 5.85. The summed E-state index contributed by atoms with van der Waals surface area (Å²) in [7, 11) is -4.34. The molecule has 1 aliphatic rings. The van der Waals surface area contributed by atoms with E-state index in [9.17, 15) is 26.8 Å². The average molecular weight is 261 g/mol. The third-order valence-corrected chi connectivity index (χ3v) is 3.33. The number of halogens is 2. The monoisotopic (exact) mass is 261 g/mol. The summed E-state index contributed by atoms with van der Waals surface area (Å²) in [6.07, 6.45) is 0. The molecule has 1 aliphatic carbocycles. The maximum atomic E-state index is 13.2. The van der Waals surface area contributed by atoms with Gasteiger partial charge in [0, 0.05) is 5.56 Å². The van der Waals surface area contributed by atoms with E-state index in [-0.39, 0.29) is 0 Å². The number of benzene rings is 1. The highest BCUT2D eigenvalue weighted by Gasteiger charge is 2.56. The smallest absolute Gasteiger partial charge is 0.287 e. The second-order valence-corrected chi connectivity index (χ2v) is 4.99. The van der Waals surface area contributed by atoms with Crippen LogP contribution in [0.5, 0.6) is 0 Å². The molecule has 0 aromatic heterocycles. The van der Waals surface area contributed by atoms with Gasteiger partial charge in [0.25, 0.3) is 0 Å². The van der Waals surface area contributed by atoms with Gasteiger partial charge in [0.05, 0.1) is 10.5 Å². The van der Waals surface area contributed by atoms with E-state index in [2.05, 4.69) is 0 Å². The van der Waals surface area contributed by atoms with Crippen LogP contribution in [-0.4, -0.2) is 25.9 Å². The minimum Gasteiger partial charge on any atom is -0.287 e. The van der Waals surface area contributed by atoms with Gasteiger partial charge in [-0.25, -0.2) is 13.6 Å². The fourth-order valence-electron chi connectivity index (χ4n) is 1.62. The van der Waals surface area contributed by atoms with Gasteiger partial charge in [0.2, 0.25) is 21.6 Å². The Kier molecular flexibility index (Phi) is 2.20. The highest BCUT2D eigenvalue weighted by molar-refractivity contribution is 7.89. The molecule has 17 heavy (non-hydrogen) atoms. The number of hydrogen-bond acceptors (Lipinski definition) is 4. The number of alkyl halides is 2. The van der Waals surface area contributed by atoms with Crippen molar-refractivity contribution in [2.75, 3.05) is 0 Å². The first-order chi connectivity index (χ1) is 7.67. The highest BCUT2D eigenvalue weighted by Crippen LogP contribution is 2.37. The van der Waals surface area contributed by atoms with Crippen LogP contribution in [-0.2, 0) is 10.0 Å². The van der Waals surface area contributed by atoms with Gasteiger partial charge >= 0.3 is 5.92 Å². The lowest BCUT2D eigenvalue weighted by Gasteiger charge is -2.04. The molecular weight excluding hydrogens is 256 g/mol. The highest BCUT2D eigenvalue weighted by atomic mass is 32.2. The maximum Gasteiger partial charge on any atom is 0.371 e. The van der Waals surface area contributed by atoms with Gasteiger partial charge < -0.3 is 0 Å².